The van der Waals surface area contributed by atoms with Gasteiger partial charge in [0.15, 0.2) is 0 Å². The predicted molar refractivity (Wildman–Crippen MR) is 105 cm³/mol. The molecule has 0 heterocycles. The van der Waals surface area contributed by atoms with Crippen LogP contribution in [0.3, 0.4) is 0 Å². The maximum Gasteiger partial charge on any atom is 0.234 e. The monoisotopic (exact) mass is 393 g/mol. The van der Waals surface area contributed by atoms with Gasteiger partial charge in [0.05, 0.1) is 11.4 Å². The van der Waals surface area contributed by atoms with Crippen molar-refractivity contribution in [2.75, 3.05) is 0 Å². The van der Waals surface area contributed by atoms with Crippen LogP contribution in [0.1, 0.15) is 25.0 Å². The number of phenols is 2. The molecular weight excluding hydrogens is 377 g/mol. The second-order valence-electron chi connectivity index (χ2n) is 5.30. The van der Waals surface area contributed by atoms with Gasteiger partial charge < -0.3 is 15.9 Å². The van der Waals surface area contributed by atoms with Gasteiger partial charge in [0.1, 0.15) is 11.5 Å². The standard InChI is InChI=1S/C17H17Cl2N5O2/c1-9(13-5-3-11(18)7-15(13)25)21-23-17(20)24-22-10(2)14-6-4-12(19)8-16(14)26/h3-8,25-26H,1-2H3,(H3,20,23,24). The van der Waals surface area contributed by atoms with Gasteiger partial charge in [-0.15, -0.1) is 5.10 Å². The summed E-state index contributed by atoms with van der Waals surface area (Å²) in [5.41, 5.74) is 10.2. The summed E-state index contributed by atoms with van der Waals surface area (Å²) >= 11 is 11.6. The van der Waals surface area contributed by atoms with E-state index in [0.717, 1.165) is 0 Å². The SMILES string of the molecule is CC(=NN=C(N)NN=C(C)c1ccc(Cl)cc1O)c1ccc(Cl)cc1O. The maximum absolute atomic E-state index is 9.87. The summed E-state index contributed by atoms with van der Waals surface area (Å²) in [7, 11) is 0. The van der Waals surface area contributed by atoms with Crippen molar-refractivity contribution in [1.29, 1.82) is 0 Å². The molecule has 2 aromatic carbocycles. The molecule has 0 saturated heterocycles. The Bertz CT molecular complexity index is 910. The summed E-state index contributed by atoms with van der Waals surface area (Å²) in [6.45, 7) is 3.35. The van der Waals surface area contributed by atoms with Crippen molar-refractivity contribution in [3.05, 3.63) is 57.6 Å². The average molecular weight is 394 g/mol. The van der Waals surface area contributed by atoms with Crippen LogP contribution in [0.5, 0.6) is 11.5 Å². The van der Waals surface area contributed by atoms with E-state index in [9.17, 15) is 10.2 Å². The number of rotatable bonds is 4. The number of phenolic OH excluding ortho intramolecular Hbond substituents is 2. The molecule has 0 bridgehead atoms. The van der Waals surface area contributed by atoms with Gasteiger partial charge in [-0.1, -0.05) is 23.2 Å². The van der Waals surface area contributed by atoms with E-state index in [1.165, 1.54) is 12.1 Å². The molecule has 0 fully saturated rings. The third-order valence-electron chi connectivity index (χ3n) is 3.35. The number of benzene rings is 2. The van der Waals surface area contributed by atoms with Crippen LogP contribution >= 0.6 is 23.2 Å². The Morgan fingerprint density at radius 3 is 1.88 bits per heavy atom. The third kappa shape index (κ3) is 5.11. The molecule has 0 amide bonds. The Morgan fingerprint density at radius 2 is 1.38 bits per heavy atom. The van der Waals surface area contributed by atoms with Crippen molar-refractivity contribution in [2.24, 2.45) is 21.0 Å². The van der Waals surface area contributed by atoms with E-state index >= 15 is 0 Å². The number of halogens is 2. The lowest BCUT2D eigenvalue weighted by molar-refractivity contribution is 0.473. The second-order valence-corrected chi connectivity index (χ2v) is 6.18. The molecule has 0 aliphatic carbocycles. The largest absolute Gasteiger partial charge is 0.507 e. The fraction of sp³-hybridized carbons (Fsp3) is 0.118. The molecule has 0 aliphatic heterocycles. The van der Waals surface area contributed by atoms with E-state index in [4.69, 9.17) is 28.9 Å². The van der Waals surface area contributed by atoms with Gasteiger partial charge in [-0.3, -0.25) is 0 Å². The third-order valence-corrected chi connectivity index (χ3v) is 3.82. The van der Waals surface area contributed by atoms with Crippen LogP contribution in [0.4, 0.5) is 0 Å². The first-order valence-electron chi connectivity index (χ1n) is 7.43. The van der Waals surface area contributed by atoms with Gasteiger partial charge in [-0.25, -0.2) is 5.43 Å². The normalized spacial score (nSPS) is 13.0. The summed E-state index contributed by atoms with van der Waals surface area (Å²) in [4.78, 5) is 0. The van der Waals surface area contributed by atoms with Crippen LogP contribution in [0, 0.1) is 0 Å². The molecule has 0 atom stereocenters. The Morgan fingerprint density at radius 1 is 0.885 bits per heavy atom. The van der Waals surface area contributed by atoms with Crippen LogP contribution in [0.25, 0.3) is 0 Å². The first kappa shape index (κ1) is 19.6. The van der Waals surface area contributed by atoms with Crippen molar-refractivity contribution in [2.45, 2.75) is 13.8 Å². The summed E-state index contributed by atoms with van der Waals surface area (Å²) in [5, 5.41) is 32.3. The smallest absolute Gasteiger partial charge is 0.234 e. The zero-order valence-corrected chi connectivity index (χ0v) is 15.5. The predicted octanol–water partition coefficient (Wildman–Crippen LogP) is 3.46. The van der Waals surface area contributed by atoms with Crippen molar-refractivity contribution in [3.8, 4) is 11.5 Å². The highest BCUT2D eigenvalue weighted by molar-refractivity contribution is 6.31. The van der Waals surface area contributed by atoms with Crippen molar-refractivity contribution < 1.29 is 10.2 Å². The summed E-state index contributed by atoms with van der Waals surface area (Å²) in [5.74, 6) is -0.0682. The van der Waals surface area contributed by atoms with Gasteiger partial charge in [-0.2, -0.15) is 10.2 Å². The number of aromatic hydroxyl groups is 2. The fourth-order valence-corrected chi connectivity index (χ4v) is 2.36. The number of hydrogen-bond acceptors (Lipinski definition) is 5. The van der Waals surface area contributed by atoms with E-state index in [-0.39, 0.29) is 17.5 Å². The molecule has 2 aromatic rings. The average Bonchev–Trinajstić information content (AvgIpc) is 2.57. The van der Waals surface area contributed by atoms with E-state index in [1.54, 1.807) is 38.1 Å². The van der Waals surface area contributed by atoms with Crippen molar-refractivity contribution in [3.63, 3.8) is 0 Å². The van der Waals surface area contributed by atoms with Gasteiger partial charge in [0, 0.05) is 21.2 Å². The molecule has 2 rings (SSSR count). The van der Waals surface area contributed by atoms with Crippen LogP contribution in [0.15, 0.2) is 51.7 Å². The minimum Gasteiger partial charge on any atom is -0.507 e. The minimum atomic E-state index is -0.0643. The molecule has 0 spiro atoms. The molecule has 0 radical (unpaired) electrons. The van der Waals surface area contributed by atoms with Crippen LogP contribution in [-0.2, 0) is 0 Å². The number of nitrogens with two attached hydrogens (primary N) is 1. The van der Waals surface area contributed by atoms with Crippen LogP contribution < -0.4 is 11.2 Å². The highest BCUT2D eigenvalue weighted by atomic mass is 35.5. The van der Waals surface area contributed by atoms with Gasteiger partial charge >= 0.3 is 0 Å². The van der Waals surface area contributed by atoms with E-state index in [2.05, 4.69) is 20.7 Å². The Balaban J connectivity index is 2.12. The topological polar surface area (TPSA) is 116 Å². The molecule has 5 N–H and O–H groups in total. The number of nitrogens with zero attached hydrogens (tertiary/aromatic N) is 3. The Hall–Kier alpha value is -2.77. The summed E-state index contributed by atoms with van der Waals surface area (Å²) < 4.78 is 0. The molecule has 7 nitrogen and oxygen atoms in total. The molecule has 0 aliphatic rings. The summed E-state index contributed by atoms with van der Waals surface area (Å²) in [6.07, 6.45) is 0. The molecule has 136 valence electrons. The first-order chi connectivity index (χ1) is 12.3. The quantitative estimate of drug-likeness (QED) is 0.361. The molecule has 0 unspecified atom stereocenters. The Labute approximate surface area is 160 Å². The van der Waals surface area contributed by atoms with E-state index in [1.807, 2.05) is 0 Å². The number of hydrogen-bond donors (Lipinski definition) is 4. The summed E-state index contributed by atoms with van der Waals surface area (Å²) in [6, 6.07) is 9.36. The van der Waals surface area contributed by atoms with Crippen molar-refractivity contribution in [1.82, 2.24) is 5.43 Å². The van der Waals surface area contributed by atoms with Crippen LogP contribution in [0.2, 0.25) is 10.0 Å². The molecule has 9 heteroatoms. The molecular formula is C17H17Cl2N5O2. The number of hydrazone groups is 1. The van der Waals surface area contributed by atoms with E-state index in [0.29, 0.717) is 32.6 Å². The molecule has 26 heavy (non-hydrogen) atoms. The minimum absolute atomic E-state index is 0.00291. The maximum atomic E-state index is 9.87. The highest BCUT2D eigenvalue weighted by Crippen LogP contribution is 2.23. The van der Waals surface area contributed by atoms with Crippen LogP contribution in [-0.4, -0.2) is 27.6 Å². The zero-order valence-electron chi connectivity index (χ0n) is 14.0. The fourth-order valence-electron chi connectivity index (χ4n) is 2.03. The first-order valence-corrected chi connectivity index (χ1v) is 8.19. The molecule has 0 aromatic heterocycles. The second kappa shape index (κ2) is 8.55. The lowest BCUT2D eigenvalue weighted by Crippen LogP contribution is -2.27. The number of guanidine groups is 1. The Kier molecular flexibility index (Phi) is 6.43. The number of nitrogens with one attached hydrogen (secondary N) is 1. The van der Waals surface area contributed by atoms with Crippen molar-refractivity contribution >= 4 is 40.6 Å². The van der Waals surface area contributed by atoms with E-state index < -0.39 is 0 Å². The zero-order chi connectivity index (χ0) is 19.3. The highest BCUT2D eigenvalue weighted by Gasteiger charge is 2.06. The van der Waals surface area contributed by atoms with Gasteiger partial charge in [0.2, 0.25) is 5.96 Å². The lowest BCUT2D eigenvalue weighted by atomic mass is 10.1. The van der Waals surface area contributed by atoms with Gasteiger partial charge in [0.25, 0.3) is 0 Å². The van der Waals surface area contributed by atoms with Gasteiger partial charge in [-0.05, 0) is 50.2 Å². The molecule has 0 saturated carbocycles. The lowest BCUT2D eigenvalue weighted by Gasteiger charge is -2.05.